The largest absolute Gasteiger partial charge is 0.480 e. The number of carboxylic acids is 1. The maximum atomic E-state index is 10.4. The minimum Gasteiger partial charge on any atom is -0.480 e. The quantitative estimate of drug-likeness (QED) is 0.889. The Morgan fingerprint density at radius 3 is 2.83 bits per heavy atom. The van der Waals surface area contributed by atoms with Crippen molar-refractivity contribution in [2.75, 3.05) is 11.9 Å². The highest BCUT2D eigenvalue weighted by Gasteiger charge is 2.06. The van der Waals surface area contributed by atoms with Crippen LogP contribution < -0.4 is 5.32 Å². The summed E-state index contributed by atoms with van der Waals surface area (Å²) in [5, 5.41) is 13.9. The van der Waals surface area contributed by atoms with E-state index in [0.29, 0.717) is 5.13 Å². The number of carbonyl (C=O) groups is 1. The van der Waals surface area contributed by atoms with E-state index in [1.54, 1.807) is 0 Å². The van der Waals surface area contributed by atoms with Gasteiger partial charge in [0.15, 0.2) is 5.13 Å². The zero-order chi connectivity index (χ0) is 13.1. The summed E-state index contributed by atoms with van der Waals surface area (Å²) >= 11 is 1.41. The van der Waals surface area contributed by atoms with Crippen molar-refractivity contribution in [3.63, 3.8) is 0 Å². The minimum absolute atomic E-state index is 0.111. The Hall–Kier alpha value is -1.88. The first-order valence-corrected chi connectivity index (χ1v) is 6.43. The molecule has 0 fully saturated rings. The molecule has 2 rings (SSSR count). The molecule has 0 amide bonds. The van der Waals surface area contributed by atoms with Crippen molar-refractivity contribution >= 4 is 22.4 Å². The fraction of sp³-hybridized carbons (Fsp3) is 0.231. The molecule has 0 unspecified atom stereocenters. The lowest BCUT2D eigenvalue weighted by molar-refractivity contribution is -0.134. The van der Waals surface area contributed by atoms with E-state index in [0.717, 1.165) is 11.3 Å². The van der Waals surface area contributed by atoms with Crippen LogP contribution in [0.5, 0.6) is 0 Å². The number of nitrogens with one attached hydrogen (secondary N) is 1. The van der Waals surface area contributed by atoms with E-state index in [4.69, 9.17) is 5.11 Å². The van der Waals surface area contributed by atoms with Gasteiger partial charge in [-0.05, 0) is 31.0 Å². The van der Waals surface area contributed by atoms with Crippen molar-refractivity contribution in [2.24, 2.45) is 0 Å². The second-order valence-corrected chi connectivity index (χ2v) is 4.94. The van der Waals surface area contributed by atoms with Crippen LogP contribution in [0.25, 0.3) is 11.3 Å². The second-order valence-electron chi connectivity index (χ2n) is 4.08. The van der Waals surface area contributed by atoms with Crippen LogP contribution in [-0.4, -0.2) is 22.6 Å². The Labute approximate surface area is 109 Å². The van der Waals surface area contributed by atoms with Gasteiger partial charge in [-0.1, -0.05) is 12.1 Å². The van der Waals surface area contributed by atoms with Crippen LogP contribution in [0, 0.1) is 13.8 Å². The lowest BCUT2D eigenvalue weighted by Crippen LogP contribution is -2.11. The van der Waals surface area contributed by atoms with Gasteiger partial charge in [0.05, 0.1) is 5.69 Å². The number of aliphatic carboxylic acids is 1. The number of carboxylic acid groups (broad SMARTS) is 1. The third kappa shape index (κ3) is 2.87. The van der Waals surface area contributed by atoms with Gasteiger partial charge < -0.3 is 10.4 Å². The first-order valence-electron chi connectivity index (χ1n) is 5.55. The van der Waals surface area contributed by atoms with Gasteiger partial charge >= 0.3 is 5.97 Å². The predicted molar refractivity (Wildman–Crippen MR) is 73.1 cm³/mol. The van der Waals surface area contributed by atoms with Crippen molar-refractivity contribution in [1.29, 1.82) is 0 Å². The molecule has 0 aliphatic heterocycles. The van der Waals surface area contributed by atoms with Crippen molar-refractivity contribution < 1.29 is 9.90 Å². The average Bonchev–Trinajstić information content (AvgIpc) is 2.79. The molecular formula is C13H14N2O2S. The maximum Gasteiger partial charge on any atom is 0.322 e. The number of benzene rings is 1. The second kappa shape index (κ2) is 5.18. The highest BCUT2D eigenvalue weighted by atomic mass is 32.1. The standard InChI is InChI=1S/C13H14N2O2S/c1-8-3-4-10(5-9(8)2)11-7-18-13(15-11)14-6-12(16)17/h3-5,7H,6H2,1-2H3,(H,14,15)(H,16,17). The number of rotatable bonds is 4. The summed E-state index contributed by atoms with van der Waals surface area (Å²) in [6.45, 7) is 4.02. The van der Waals surface area contributed by atoms with E-state index < -0.39 is 5.97 Å². The molecule has 0 aliphatic rings. The lowest BCUT2D eigenvalue weighted by Gasteiger charge is -2.02. The number of aromatic nitrogens is 1. The molecule has 1 aromatic heterocycles. The summed E-state index contributed by atoms with van der Waals surface area (Å²) in [5.74, 6) is -0.891. The third-order valence-electron chi connectivity index (χ3n) is 2.70. The maximum absolute atomic E-state index is 10.4. The number of hydrogen-bond acceptors (Lipinski definition) is 4. The van der Waals surface area contributed by atoms with E-state index in [1.165, 1.54) is 22.5 Å². The molecule has 1 heterocycles. The van der Waals surface area contributed by atoms with Crippen molar-refractivity contribution in [3.8, 4) is 11.3 Å². The Balaban J connectivity index is 2.18. The van der Waals surface area contributed by atoms with Crippen LogP contribution in [0.2, 0.25) is 0 Å². The average molecular weight is 262 g/mol. The smallest absolute Gasteiger partial charge is 0.322 e. The molecule has 0 saturated heterocycles. The fourth-order valence-corrected chi connectivity index (χ4v) is 2.26. The molecule has 1 aromatic carbocycles. The Morgan fingerprint density at radius 1 is 1.39 bits per heavy atom. The zero-order valence-corrected chi connectivity index (χ0v) is 11.0. The van der Waals surface area contributed by atoms with E-state index in [-0.39, 0.29) is 6.54 Å². The lowest BCUT2D eigenvalue weighted by atomic mass is 10.1. The molecule has 0 bridgehead atoms. The number of anilines is 1. The summed E-state index contributed by atoms with van der Waals surface area (Å²) < 4.78 is 0. The fourth-order valence-electron chi connectivity index (χ4n) is 1.54. The number of thiazole rings is 1. The molecule has 5 heteroatoms. The molecule has 2 N–H and O–H groups in total. The number of aryl methyl sites for hydroxylation is 2. The Kier molecular flexibility index (Phi) is 3.62. The summed E-state index contributed by atoms with van der Waals surface area (Å²) in [6, 6.07) is 6.18. The summed E-state index contributed by atoms with van der Waals surface area (Å²) in [7, 11) is 0. The Morgan fingerprint density at radius 2 is 2.17 bits per heavy atom. The van der Waals surface area contributed by atoms with Crippen molar-refractivity contribution in [3.05, 3.63) is 34.7 Å². The first-order chi connectivity index (χ1) is 8.56. The molecule has 2 aromatic rings. The summed E-state index contributed by atoms with van der Waals surface area (Å²) in [5.41, 5.74) is 4.40. The molecule has 0 aliphatic carbocycles. The Bertz CT molecular complexity index is 578. The monoisotopic (exact) mass is 262 g/mol. The molecule has 0 saturated carbocycles. The molecule has 0 spiro atoms. The highest BCUT2D eigenvalue weighted by molar-refractivity contribution is 7.14. The van der Waals surface area contributed by atoms with Gasteiger partial charge in [-0.15, -0.1) is 11.3 Å². The van der Waals surface area contributed by atoms with Crippen LogP contribution in [0.15, 0.2) is 23.6 Å². The van der Waals surface area contributed by atoms with Crippen LogP contribution in [0.4, 0.5) is 5.13 Å². The van der Waals surface area contributed by atoms with Gasteiger partial charge in [0.1, 0.15) is 6.54 Å². The van der Waals surface area contributed by atoms with E-state index in [1.807, 2.05) is 11.4 Å². The van der Waals surface area contributed by atoms with Crippen LogP contribution >= 0.6 is 11.3 Å². The van der Waals surface area contributed by atoms with Crippen LogP contribution in [-0.2, 0) is 4.79 Å². The molecule has 4 nitrogen and oxygen atoms in total. The van der Waals surface area contributed by atoms with Crippen LogP contribution in [0.3, 0.4) is 0 Å². The minimum atomic E-state index is -0.891. The normalized spacial score (nSPS) is 10.3. The van der Waals surface area contributed by atoms with Gasteiger partial charge in [-0.2, -0.15) is 0 Å². The SMILES string of the molecule is Cc1ccc(-c2csc(NCC(=O)O)n2)cc1C. The first kappa shape index (κ1) is 12.6. The van der Waals surface area contributed by atoms with E-state index in [2.05, 4.69) is 36.3 Å². The third-order valence-corrected chi connectivity index (χ3v) is 3.50. The molecule has 18 heavy (non-hydrogen) atoms. The van der Waals surface area contributed by atoms with E-state index in [9.17, 15) is 4.79 Å². The zero-order valence-electron chi connectivity index (χ0n) is 10.2. The van der Waals surface area contributed by atoms with Crippen molar-refractivity contribution in [1.82, 2.24) is 4.98 Å². The molecule has 0 radical (unpaired) electrons. The van der Waals surface area contributed by atoms with Gasteiger partial charge in [0, 0.05) is 10.9 Å². The van der Waals surface area contributed by atoms with Gasteiger partial charge in [0.2, 0.25) is 0 Å². The number of nitrogens with zero attached hydrogens (tertiary/aromatic N) is 1. The molecular weight excluding hydrogens is 248 g/mol. The number of hydrogen-bond donors (Lipinski definition) is 2. The molecule has 0 atom stereocenters. The summed E-state index contributed by atoms with van der Waals surface area (Å²) in [6.07, 6.45) is 0. The van der Waals surface area contributed by atoms with Crippen molar-refractivity contribution in [2.45, 2.75) is 13.8 Å². The molecule has 94 valence electrons. The van der Waals surface area contributed by atoms with Crippen LogP contribution in [0.1, 0.15) is 11.1 Å². The van der Waals surface area contributed by atoms with Gasteiger partial charge in [0.25, 0.3) is 0 Å². The van der Waals surface area contributed by atoms with Gasteiger partial charge in [-0.25, -0.2) is 4.98 Å². The topological polar surface area (TPSA) is 62.2 Å². The van der Waals surface area contributed by atoms with E-state index >= 15 is 0 Å². The predicted octanol–water partition coefficient (Wildman–Crippen LogP) is 2.92. The highest BCUT2D eigenvalue weighted by Crippen LogP contribution is 2.26. The summed E-state index contributed by atoms with van der Waals surface area (Å²) in [4.78, 5) is 14.8. The van der Waals surface area contributed by atoms with Gasteiger partial charge in [-0.3, -0.25) is 4.79 Å².